The maximum atomic E-state index is 5.06. The van der Waals surface area contributed by atoms with E-state index in [4.69, 9.17) is 9.97 Å². The summed E-state index contributed by atoms with van der Waals surface area (Å²) in [5.74, 6) is 1.87. The monoisotopic (exact) mass is 664 g/mol. The van der Waals surface area contributed by atoms with Crippen molar-refractivity contribution in [2.75, 3.05) is 0 Å². The Bertz CT molecular complexity index is 2870. The van der Waals surface area contributed by atoms with E-state index in [9.17, 15) is 0 Å². The van der Waals surface area contributed by atoms with Gasteiger partial charge < -0.3 is 0 Å². The second kappa shape index (κ2) is 12.4. The SMILES string of the molecule is c1ccc(-n2c(-c3ccc(-c4ccc5c(-c6ccc(-c7nc8ccccc8n7-c7ccccc7)cc6)cccc5c4)cc3)nc3ccccc32)cc1. The fraction of sp³-hybridized carbons (Fsp3) is 0. The predicted molar refractivity (Wildman–Crippen MR) is 215 cm³/mol. The first-order valence-electron chi connectivity index (χ1n) is 17.6. The topological polar surface area (TPSA) is 35.6 Å². The van der Waals surface area contributed by atoms with Crippen LogP contribution in [0.1, 0.15) is 0 Å². The van der Waals surface area contributed by atoms with Crippen molar-refractivity contribution in [3.05, 3.63) is 194 Å². The van der Waals surface area contributed by atoms with Gasteiger partial charge in [-0.05, 0) is 87.6 Å². The minimum atomic E-state index is 0.935. The molecule has 0 aliphatic rings. The second-order valence-electron chi connectivity index (χ2n) is 13.1. The first-order chi connectivity index (χ1) is 25.8. The standard InChI is InChI=1S/C48H32N4/c1-3-13-39(14-4-1)51-45-20-9-7-18-43(45)49-47(51)35-26-22-33(23-27-35)37-30-31-42-38(32-37)12-11-17-41(42)34-24-28-36(29-25-34)48-50-44-19-8-10-21-46(44)52(48)40-15-5-2-6-16-40/h1-32H. The van der Waals surface area contributed by atoms with Gasteiger partial charge in [0, 0.05) is 22.5 Å². The lowest BCUT2D eigenvalue weighted by Gasteiger charge is -2.12. The molecule has 0 fully saturated rings. The zero-order valence-electron chi connectivity index (χ0n) is 28.3. The molecule has 10 aromatic rings. The van der Waals surface area contributed by atoms with Crippen molar-refractivity contribution in [2.24, 2.45) is 0 Å². The quantitative estimate of drug-likeness (QED) is 0.177. The first kappa shape index (κ1) is 29.8. The minimum absolute atomic E-state index is 0.935. The van der Waals surface area contributed by atoms with Crippen LogP contribution >= 0.6 is 0 Å². The maximum Gasteiger partial charge on any atom is 0.145 e. The van der Waals surface area contributed by atoms with Crippen molar-refractivity contribution in [1.82, 2.24) is 19.1 Å². The minimum Gasteiger partial charge on any atom is -0.292 e. The van der Waals surface area contributed by atoms with E-state index in [1.165, 1.54) is 33.0 Å². The molecule has 0 saturated carbocycles. The third kappa shape index (κ3) is 5.09. The molecule has 0 spiro atoms. The van der Waals surface area contributed by atoms with Gasteiger partial charge in [0.1, 0.15) is 11.6 Å². The third-order valence-corrected chi connectivity index (χ3v) is 9.96. The average molecular weight is 665 g/mol. The highest BCUT2D eigenvalue weighted by molar-refractivity contribution is 5.99. The smallest absolute Gasteiger partial charge is 0.145 e. The number of nitrogens with zero attached hydrogens (tertiary/aromatic N) is 4. The lowest BCUT2D eigenvalue weighted by molar-refractivity contribution is 1.10. The van der Waals surface area contributed by atoms with Crippen LogP contribution in [0, 0.1) is 0 Å². The summed E-state index contributed by atoms with van der Waals surface area (Å²) in [6, 6.07) is 68.5. The summed E-state index contributed by atoms with van der Waals surface area (Å²) in [6.07, 6.45) is 0. The number of hydrogen-bond donors (Lipinski definition) is 0. The van der Waals surface area contributed by atoms with Crippen molar-refractivity contribution in [3.63, 3.8) is 0 Å². The number of fused-ring (bicyclic) bond motifs is 3. The molecular formula is C48H32N4. The van der Waals surface area contributed by atoms with Gasteiger partial charge in [-0.25, -0.2) is 9.97 Å². The highest BCUT2D eigenvalue weighted by atomic mass is 15.1. The van der Waals surface area contributed by atoms with Crippen molar-refractivity contribution < 1.29 is 0 Å². The van der Waals surface area contributed by atoms with Crippen LogP contribution in [0.3, 0.4) is 0 Å². The van der Waals surface area contributed by atoms with Crippen LogP contribution in [-0.2, 0) is 0 Å². The van der Waals surface area contributed by atoms with Gasteiger partial charge in [-0.3, -0.25) is 9.13 Å². The molecule has 0 N–H and O–H groups in total. The van der Waals surface area contributed by atoms with E-state index in [0.29, 0.717) is 0 Å². The molecule has 0 aliphatic heterocycles. The fourth-order valence-electron chi connectivity index (χ4n) is 7.44. The first-order valence-corrected chi connectivity index (χ1v) is 17.6. The van der Waals surface area contributed by atoms with E-state index in [-0.39, 0.29) is 0 Å². The molecule has 10 rings (SSSR count). The van der Waals surface area contributed by atoms with E-state index < -0.39 is 0 Å². The molecule has 0 unspecified atom stereocenters. The molecule has 2 heterocycles. The average Bonchev–Trinajstić information content (AvgIpc) is 3.81. The fourth-order valence-corrected chi connectivity index (χ4v) is 7.44. The third-order valence-electron chi connectivity index (χ3n) is 9.96. The Balaban J connectivity index is 0.977. The van der Waals surface area contributed by atoms with Gasteiger partial charge in [0.15, 0.2) is 0 Å². The summed E-state index contributed by atoms with van der Waals surface area (Å²) in [5, 5.41) is 2.43. The van der Waals surface area contributed by atoms with Crippen molar-refractivity contribution in [1.29, 1.82) is 0 Å². The molecule has 244 valence electrons. The van der Waals surface area contributed by atoms with E-state index in [0.717, 1.165) is 56.2 Å². The van der Waals surface area contributed by atoms with E-state index >= 15 is 0 Å². The molecular weight excluding hydrogens is 633 g/mol. The van der Waals surface area contributed by atoms with Crippen LogP contribution < -0.4 is 0 Å². The number of imidazole rings is 2. The van der Waals surface area contributed by atoms with Crippen LogP contribution in [0.2, 0.25) is 0 Å². The normalized spacial score (nSPS) is 11.5. The second-order valence-corrected chi connectivity index (χ2v) is 13.1. The zero-order valence-corrected chi connectivity index (χ0v) is 28.3. The van der Waals surface area contributed by atoms with Crippen molar-refractivity contribution >= 4 is 32.8 Å². The Morgan fingerprint density at radius 3 is 1.35 bits per heavy atom. The molecule has 4 heteroatoms. The van der Waals surface area contributed by atoms with Gasteiger partial charge in [-0.1, -0.05) is 140 Å². The molecule has 0 radical (unpaired) electrons. The van der Waals surface area contributed by atoms with Gasteiger partial charge in [-0.2, -0.15) is 0 Å². The predicted octanol–water partition coefficient (Wildman–Crippen LogP) is 12.2. The van der Waals surface area contributed by atoms with Gasteiger partial charge >= 0.3 is 0 Å². The lowest BCUT2D eigenvalue weighted by atomic mass is 9.94. The summed E-state index contributed by atoms with van der Waals surface area (Å²) >= 11 is 0. The summed E-state index contributed by atoms with van der Waals surface area (Å²) in [6.45, 7) is 0. The molecule has 8 aromatic carbocycles. The molecule has 0 atom stereocenters. The number of para-hydroxylation sites is 6. The van der Waals surface area contributed by atoms with Crippen molar-refractivity contribution in [3.8, 4) is 56.4 Å². The number of hydrogen-bond acceptors (Lipinski definition) is 2. The number of benzene rings is 8. The summed E-state index contributed by atoms with van der Waals surface area (Å²) in [5.41, 5.74) is 13.3. The molecule has 0 amide bonds. The zero-order chi connectivity index (χ0) is 34.4. The van der Waals surface area contributed by atoms with Crippen LogP contribution in [0.25, 0.3) is 89.2 Å². The van der Waals surface area contributed by atoms with Crippen LogP contribution in [0.4, 0.5) is 0 Å². The highest BCUT2D eigenvalue weighted by Gasteiger charge is 2.16. The van der Waals surface area contributed by atoms with E-state index in [1.807, 2.05) is 24.3 Å². The largest absolute Gasteiger partial charge is 0.292 e. The van der Waals surface area contributed by atoms with Gasteiger partial charge in [0.05, 0.1) is 22.1 Å². The van der Waals surface area contributed by atoms with Gasteiger partial charge in [-0.15, -0.1) is 0 Å². The van der Waals surface area contributed by atoms with Gasteiger partial charge in [0.25, 0.3) is 0 Å². The molecule has 0 saturated heterocycles. The summed E-state index contributed by atoms with van der Waals surface area (Å²) < 4.78 is 4.49. The molecule has 2 aromatic heterocycles. The van der Waals surface area contributed by atoms with E-state index in [2.05, 4.69) is 179 Å². The summed E-state index contributed by atoms with van der Waals surface area (Å²) in [4.78, 5) is 10.1. The molecule has 4 nitrogen and oxygen atoms in total. The Morgan fingerprint density at radius 1 is 0.327 bits per heavy atom. The van der Waals surface area contributed by atoms with Crippen LogP contribution in [0.5, 0.6) is 0 Å². The molecule has 0 bridgehead atoms. The summed E-state index contributed by atoms with van der Waals surface area (Å²) in [7, 11) is 0. The lowest BCUT2D eigenvalue weighted by Crippen LogP contribution is -1.97. The number of rotatable bonds is 6. The molecule has 52 heavy (non-hydrogen) atoms. The maximum absolute atomic E-state index is 5.06. The molecule has 0 aliphatic carbocycles. The van der Waals surface area contributed by atoms with Crippen LogP contribution in [0.15, 0.2) is 194 Å². The van der Waals surface area contributed by atoms with E-state index in [1.54, 1.807) is 0 Å². The Kier molecular flexibility index (Phi) is 7.10. The van der Waals surface area contributed by atoms with Gasteiger partial charge in [0.2, 0.25) is 0 Å². The highest BCUT2D eigenvalue weighted by Crippen LogP contribution is 2.36. The van der Waals surface area contributed by atoms with Crippen molar-refractivity contribution in [2.45, 2.75) is 0 Å². The number of aromatic nitrogens is 4. The van der Waals surface area contributed by atoms with Crippen LogP contribution in [-0.4, -0.2) is 19.1 Å². The Labute approximate surface area is 301 Å². The Morgan fingerprint density at radius 2 is 0.788 bits per heavy atom. The Hall–Kier alpha value is -7.04.